The lowest BCUT2D eigenvalue weighted by atomic mass is 10.1. The molecular formula is C11H13N3S3. The number of rotatable bonds is 4. The molecule has 2 rings (SSSR count). The van der Waals surface area contributed by atoms with Crippen LogP contribution in [0.15, 0.2) is 37.8 Å². The molecule has 0 aliphatic carbocycles. The average Bonchev–Trinajstić information content (AvgIpc) is 2.77. The third-order valence-electron chi connectivity index (χ3n) is 2.17. The van der Waals surface area contributed by atoms with Crippen LogP contribution in [0, 0.1) is 0 Å². The van der Waals surface area contributed by atoms with Gasteiger partial charge in [-0.25, -0.2) is 0 Å². The summed E-state index contributed by atoms with van der Waals surface area (Å²) in [4.78, 5) is 1.17. The summed E-state index contributed by atoms with van der Waals surface area (Å²) in [7, 11) is 0. The SMILES string of the molecule is CSc1nnc(Sc2ccc([C@H](C)N)cc2)s1. The van der Waals surface area contributed by atoms with Gasteiger partial charge in [-0.3, -0.25) is 0 Å². The molecule has 0 aliphatic heterocycles. The van der Waals surface area contributed by atoms with E-state index >= 15 is 0 Å². The summed E-state index contributed by atoms with van der Waals surface area (Å²) in [6.45, 7) is 1.98. The van der Waals surface area contributed by atoms with Gasteiger partial charge in [0.15, 0.2) is 8.68 Å². The third kappa shape index (κ3) is 3.45. The quantitative estimate of drug-likeness (QED) is 0.871. The molecule has 0 radical (unpaired) electrons. The van der Waals surface area contributed by atoms with E-state index in [-0.39, 0.29) is 6.04 Å². The molecule has 0 amide bonds. The highest BCUT2D eigenvalue weighted by Gasteiger charge is 2.05. The first-order chi connectivity index (χ1) is 8.19. The van der Waals surface area contributed by atoms with Gasteiger partial charge in [-0.2, -0.15) is 0 Å². The summed E-state index contributed by atoms with van der Waals surface area (Å²) in [5, 5.41) is 8.19. The summed E-state index contributed by atoms with van der Waals surface area (Å²) in [6.07, 6.45) is 2.01. The minimum Gasteiger partial charge on any atom is -0.324 e. The van der Waals surface area contributed by atoms with Crippen LogP contribution in [0.3, 0.4) is 0 Å². The molecule has 1 aromatic carbocycles. The summed E-state index contributed by atoms with van der Waals surface area (Å²) >= 11 is 4.87. The molecule has 90 valence electrons. The van der Waals surface area contributed by atoms with Crippen LogP contribution in [0.1, 0.15) is 18.5 Å². The summed E-state index contributed by atoms with van der Waals surface area (Å²) in [5.41, 5.74) is 6.96. The molecule has 1 heterocycles. The van der Waals surface area contributed by atoms with Crippen molar-refractivity contribution >= 4 is 34.9 Å². The standard InChI is InChI=1S/C11H13N3S3/c1-7(12)8-3-5-9(6-4-8)16-11-14-13-10(15-2)17-11/h3-7H,12H2,1-2H3/t7-/m0/s1. The second-order valence-corrected chi connectivity index (χ2v) is 6.85. The summed E-state index contributed by atoms with van der Waals surface area (Å²) in [6, 6.07) is 8.35. The third-order valence-corrected chi connectivity index (χ3v) is 5.13. The van der Waals surface area contributed by atoms with Crippen molar-refractivity contribution in [2.45, 2.75) is 26.5 Å². The van der Waals surface area contributed by atoms with Crippen molar-refractivity contribution in [1.29, 1.82) is 0 Å². The average molecular weight is 283 g/mol. The molecule has 2 N–H and O–H groups in total. The van der Waals surface area contributed by atoms with E-state index in [0.717, 1.165) is 14.2 Å². The van der Waals surface area contributed by atoms with Crippen LogP contribution in [0.25, 0.3) is 0 Å². The fourth-order valence-electron chi connectivity index (χ4n) is 1.26. The van der Waals surface area contributed by atoms with Crippen LogP contribution in [-0.4, -0.2) is 16.5 Å². The van der Waals surface area contributed by atoms with E-state index in [0.29, 0.717) is 0 Å². The molecule has 0 saturated heterocycles. The maximum Gasteiger partial charge on any atom is 0.179 e. The summed E-state index contributed by atoms with van der Waals surface area (Å²) < 4.78 is 1.97. The number of nitrogens with zero attached hydrogens (tertiary/aromatic N) is 2. The Morgan fingerprint density at radius 3 is 2.35 bits per heavy atom. The van der Waals surface area contributed by atoms with E-state index in [1.807, 2.05) is 13.2 Å². The molecule has 0 bridgehead atoms. The monoisotopic (exact) mass is 283 g/mol. The topological polar surface area (TPSA) is 51.8 Å². The second-order valence-electron chi connectivity index (χ2n) is 3.50. The Labute approximate surface area is 113 Å². The zero-order chi connectivity index (χ0) is 12.3. The molecule has 0 saturated carbocycles. The lowest BCUT2D eigenvalue weighted by Crippen LogP contribution is -2.04. The fourth-order valence-corrected chi connectivity index (χ4v) is 3.67. The fraction of sp³-hybridized carbons (Fsp3) is 0.273. The van der Waals surface area contributed by atoms with Crippen molar-refractivity contribution in [3.63, 3.8) is 0 Å². The van der Waals surface area contributed by atoms with Gasteiger partial charge in [-0.1, -0.05) is 47.0 Å². The van der Waals surface area contributed by atoms with Gasteiger partial charge in [0.05, 0.1) is 0 Å². The summed E-state index contributed by atoms with van der Waals surface area (Å²) in [5.74, 6) is 0. The normalized spacial score (nSPS) is 12.6. The molecule has 1 aromatic heterocycles. The van der Waals surface area contributed by atoms with Crippen molar-refractivity contribution in [2.75, 3.05) is 6.26 Å². The zero-order valence-corrected chi connectivity index (χ0v) is 12.0. The van der Waals surface area contributed by atoms with Gasteiger partial charge >= 0.3 is 0 Å². The highest BCUT2D eigenvalue weighted by atomic mass is 32.2. The Morgan fingerprint density at radius 2 is 1.82 bits per heavy atom. The van der Waals surface area contributed by atoms with Crippen LogP contribution in [0.5, 0.6) is 0 Å². The molecule has 2 aromatic rings. The largest absolute Gasteiger partial charge is 0.324 e. The van der Waals surface area contributed by atoms with Crippen molar-refractivity contribution in [2.24, 2.45) is 5.73 Å². The number of nitrogens with two attached hydrogens (primary N) is 1. The first-order valence-electron chi connectivity index (χ1n) is 5.10. The Bertz CT molecular complexity index is 479. The zero-order valence-electron chi connectivity index (χ0n) is 9.58. The number of hydrogen-bond acceptors (Lipinski definition) is 6. The van der Waals surface area contributed by atoms with Gasteiger partial charge in [-0.15, -0.1) is 10.2 Å². The molecule has 0 spiro atoms. The number of thioether (sulfide) groups is 1. The lowest BCUT2D eigenvalue weighted by Gasteiger charge is -2.05. The van der Waals surface area contributed by atoms with Crippen LogP contribution in [0.4, 0.5) is 0 Å². The van der Waals surface area contributed by atoms with E-state index < -0.39 is 0 Å². The molecule has 0 fully saturated rings. The Morgan fingerprint density at radius 1 is 1.18 bits per heavy atom. The highest BCUT2D eigenvalue weighted by Crippen LogP contribution is 2.32. The predicted molar refractivity (Wildman–Crippen MR) is 74.9 cm³/mol. The van der Waals surface area contributed by atoms with E-state index in [2.05, 4.69) is 34.5 Å². The van der Waals surface area contributed by atoms with Crippen molar-refractivity contribution in [3.05, 3.63) is 29.8 Å². The number of hydrogen-bond donors (Lipinski definition) is 1. The van der Waals surface area contributed by atoms with Gasteiger partial charge in [-0.05, 0) is 30.9 Å². The Balaban J connectivity index is 2.08. The molecule has 0 aliphatic rings. The first-order valence-corrected chi connectivity index (χ1v) is 7.95. The van der Waals surface area contributed by atoms with Crippen LogP contribution in [-0.2, 0) is 0 Å². The predicted octanol–water partition coefficient (Wildman–Crippen LogP) is 3.43. The van der Waals surface area contributed by atoms with E-state index in [1.165, 1.54) is 4.90 Å². The molecule has 1 atom stereocenters. The molecule has 17 heavy (non-hydrogen) atoms. The van der Waals surface area contributed by atoms with E-state index in [1.54, 1.807) is 34.9 Å². The maximum absolute atomic E-state index is 5.81. The van der Waals surface area contributed by atoms with Gasteiger partial charge in [0.25, 0.3) is 0 Å². The van der Waals surface area contributed by atoms with Crippen LogP contribution in [0.2, 0.25) is 0 Å². The van der Waals surface area contributed by atoms with Gasteiger partial charge < -0.3 is 5.73 Å². The van der Waals surface area contributed by atoms with E-state index in [9.17, 15) is 0 Å². The minimum atomic E-state index is 0.0821. The van der Waals surface area contributed by atoms with Gasteiger partial charge in [0.1, 0.15) is 0 Å². The highest BCUT2D eigenvalue weighted by molar-refractivity contribution is 8.03. The molecule has 3 nitrogen and oxygen atoms in total. The smallest absolute Gasteiger partial charge is 0.179 e. The van der Waals surface area contributed by atoms with Crippen molar-refractivity contribution in [3.8, 4) is 0 Å². The van der Waals surface area contributed by atoms with Crippen molar-refractivity contribution < 1.29 is 0 Å². The van der Waals surface area contributed by atoms with Crippen LogP contribution < -0.4 is 5.73 Å². The Kier molecular flexibility index (Phi) is 4.44. The second kappa shape index (κ2) is 5.86. The van der Waals surface area contributed by atoms with E-state index in [4.69, 9.17) is 5.73 Å². The van der Waals surface area contributed by atoms with Gasteiger partial charge in [0.2, 0.25) is 0 Å². The number of benzene rings is 1. The Hall–Kier alpha value is -0.560. The number of aromatic nitrogens is 2. The minimum absolute atomic E-state index is 0.0821. The first kappa shape index (κ1) is 12.9. The molecular weight excluding hydrogens is 270 g/mol. The lowest BCUT2D eigenvalue weighted by molar-refractivity contribution is 0.817. The molecule has 6 heteroatoms. The molecule has 0 unspecified atom stereocenters. The van der Waals surface area contributed by atoms with Crippen molar-refractivity contribution in [1.82, 2.24) is 10.2 Å². The van der Waals surface area contributed by atoms with Gasteiger partial charge in [0, 0.05) is 10.9 Å². The van der Waals surface area contributed by atoms with Crippen LogP contribution >= 0.6 is 34.9 Å². The maximum atomic E-state index is 5.81.